The Labute approximate surface area is 109 Å². The van der Waals surface area contributed by atoms with Gasteiger partial charge in [0, 0.05) is 32.2 Å². The quantitative estimate of drug-likeness (QED) is 0.856. The summed E-state index contributed by atoms with van der Waals surface area (Å²) in [4.78, 5) is 7.09. The van der Waals surface area contributed by atoms with Gasteiger partial charge in [-0.15, -0.1) is 0 Å². The second-order valence-electron chi connectivity index (χ2n) is 5.04. The third-order valence-electron chi connectivity index (χ3n) is 3.05. The number of hydrogen-bond donors (Lipinski definition) is 1. The van der Waals surface area contributed by atoms with E-state index in [-0.39, 0.29) is 0 Å². The first kappa shape index (κ1) is 13.5. The van der Waals surface area contributed by atoms with Crippen LogP contribution in [-0.2, 0) is 17.8 Å². The van der Waals surface area contributed by atoms with Crippen molar-refractivity contribution in [2.45, 2.75) is 33.0 Å². The van der Waals surface area contributed by atoms with E-state index >= 15 is 0 Å². The van der Waals surface area contributed by atoms with Crippen LogP contribution in [0.5, 0.6) is 0 Å². The first-order valence-corrected chi connectivity index (χ1v) is 6.72. The maximum atomic E-state index is 5.35. The van der Waals surface area contributed by atoms with Gasteiger partial charge < -0.3 is 10.1 Å². The molecule has 0 atom stereocenters. The van der Waals surface area contributed by atoms with Gasteiger partial charge in [-0.05, 0) is 12.1 Å². The van der Waals surface area contributed by atoms with Crippen LogP contribution in [0.2, 0.25) is 0 Å². The fraction of sp³-hybridized carbons (Fsp3) is 0.643. The predicted molar refractivity (Wildman–Crippen MR) is 72.3 cm³/mol. The molecule has 1 N–H and O–H groups in total. The molecular weight excluding hydrogens is 226 g/mol. The van der Waals surface area contributed by atoms with Crippen LogP contribution in [-0.4, -0.2) is 42.2 Å². The van der Waals surface area contributed by atoms with Gasteiger partial charge in [0.25, 0.3) is 0 Å². The van der Waals surface area contributed by atoms with Gasteiger partial charge in [-0.2, -0.15) is 0 Å². The van der Waals surface area contributed by atoms with Gasteiger partial charge in [0.05, 0.1) is 24.6 Å². The van der Waals surface area contributed by atoms with Crippen LogP contribution in [0.4, 0.5) is 0 Å². The van der Waals surface area contributed by atoms with Crippen LogP contribution in [0.1, 0.15) is 25.2 Å². The normalized spacial score (nSPS) is 17.3. The average Bonchev–Trinajstić information content (AvgIpc) is 2.38. The zero-order valence-corrected chi connectivity index (χ0v) is 11.4. The predicted octanol–water partition coefficient (Wildman–Crippen LogP) is 1.41. The Kier molecular flexibility index (Phi) is 5.11. The van der Waals surface area contributed by atoms with E-state index in [1.165, 1.54) is 0 Å². The molecular formula is C14H23N3O. The first-order valence-electron chi connectivity index (χ1n) is 6.72. The Hall–Kier alpha value is -0.970. The van der Waals surface area contributed by atoms with E-state index in [4.69, 9.17) is 9.72 Å². The number of pyridine rings is 1. The zero-order chi connectivity index (χ0) is 12.8. The first-order chi connectivity index (χ1) is 8.74. The molecule has 100 valence electrons. The largest absolute Gasteiger partial charge is 0.379 e. The van der Waals surface area contributed by atoms with Gasteiger partial charge in [-0.3, -0.25) is 9.88 Å². The molecule has 18 heavy (non-hydrogen) atoms. The van der Waals surface area contributed by atoms with E-state index in [9.17, 15) is 0 Å². The molecule has 0 spiro atoms. The summed E-state index contributed by atoms with van der Waals surface area (Å²) in [5.41, 5.74) is 2.27. The summed E-state index contributed by atoms with van der Waals surface area (Å²) in [6.07, 6.45) is 0. The lowest BCUT2D eigenvalue weighted by molar-refractivity contribution is 0.0336. The highest BCUT2D eigenvalue weighted by Crippen LogP contribution is 2.06. The Morgan fingerprint density at radius 3 is 2.72 bits per heavy atom. The summed E-state index contributed by atoms with van der Waals surface area (Å²) in [5.74, 6) is 0. The van der Waals surface area contributed by atoms with Gasteiger partial charge in [0.2, 0.25) is 0 Å². The molecule has 1 aliphatic rings. The van der Waals surface area contributed by atoms with Crippen LogP contribution >= 0.6 is 0 Å². The molecule has 2 heterocycles. The van der Waals surface area contributed by atoms with Crippen molar-refractivity contribution in [1.82, 2.24) is 15.2 Å². The lowest BCUT2D eigenvalue weighted by Crippen LogP contribution is -2.36. The zero-order valence-electron chi connectivity index (χ0n) is 11.4. The highest BCUT2D eigenvalue weighted by molar-refractivity contribution is 5.11. The van der Waals surface area contributed by atoms with Crippen molar-refractivity contribution in [3.8, 4) is 0 Å². The molecule has 2 rings (SSSR count). The van der Waals surface area contributed by atoms with Crippen molar-refractivity contribution in [2.75, 3.05) is 26.3 Å². The minimum absolute atomic E-state index is 0.495. The highest BCUT2D eigenvalue weighted by Gasteiger charge is 2.11. The maximum Gasteiger partial charge on any atom is 0.0594 e. The minimum atomic E-state index is 0.495. The number of morpholine rings is 1. The number of nitrogens with zero attached hydrogens (tertiary/aromatic N) is 2. The topological polar surface area (TPSA) is 37.4 Å². The lowest BCUT2D eigenvalue weighted by atomic mass is 10.2. The van der Waals surface area contributed by atoms with E-state index < -0.39 is 0 Å². The van der Waals surface area contributed by atoms with Crippen molar-refractivity contribution in [2.24, 2.45) is 0 Å². The van der Waals surface area contributed by atoms with E-state index in [2.05, 4.69) is 42.3 Å². The molecule has 1 saturated heterocycles. The molecule has 0 radical (unpaired) electrons. The molecule has 1 aromatic rings. The van der Waals surface area contributed by atoms with Crippen molar-refractivity contribution in [3.05, 3.63) is 29.6 Å². The number of nitrogens with one attached hydrogen (secondary N) is 1. The van der Waals surface area contributed by atoms with E-state index in [1.54, 1.807) is 0 Å². The number of aromatic nitrogens is 1. The molecule has 0 saturated carbocycles. The molecule has 0 unspecified atom stereocenters. The summed E-state index contributed by atoms with van der Waals surface area (Å²) in [5, 5.41) is 3.40. The van der Waals surface area contributed by atoms with Crippen LogP contribution in [0.25, 0.3) is 0 Å². The molecule has 4 heteroatoms. The number of hydrogen-bond acceptors (Lipinski definition) is 4. The molecule has 0 amide bonds. The monoisotopic (exact) mass is 249 g/mol. The fourth-order valence-corrected chi connectivity index (χ4v) is 2.01. The molecule has 0 aromatic carbocycles. The highest BCUT2D eigenvalue weighted by atomic mass is 16.5. The summed E-state index contributed by atoms with van der Waals surface area (Å²) in [6.45, 7) is 9.78. The third kappa shape index (κ3) is 4.37. The van der Waals surface area contributed by atoms with Crippen LogP contribution < -0.4 is 5.32 Å². The van der Waals surface area contributed by atoms with E-state index in [0.29, 0.717) is 6.04 Å². The summed E-state index contributed by atoms with van der Waals surface area (Å²) in [7, 11) is 0. The van der Waals surface area contributed by atoms with E-state index in [1.807, 2.05) is 0 Å². The Morgan fingerprint density at radius 1 is 1.28 bits per heavy atom. The van der Waals surface area contributed by atoms with Crippen molar-refractivity contribution < 1.29 is 4.74 Å². The van der Waals surface area contributed by atoms with Crippen LogP contribution in [0.15, 0.2) is 18.2 Å². The summed E-state index contributed by atoms with van der Waals surface area (Å²) >= 11 is 0. The molecule has 0 bridgehead atoms. The van der Waals surface area contributed by atoms with Gasteiger partial charge in [0.1, 0.15) is 0 Å². The lowest BCUT2D eigenvalue weighted by Gasteiger charge is -2.26. The van der Waals surface area contributed by atoms with Gasteiger partial charge in [-0.1, -0.05) is 19.9 Å². The average molecular weight is 249 g/mol. The second kappa shape index (κ2) is 6.83. The van der Waals surface area contributed by atoms with Gasteiger partial charge in [-0.25, -0.2) is 0 Å². The second-order valence-corrected chi connectivity index (χ2v) is 5.04. The number of ether oxygens (including phenoxy) is 1. The Morgan fingerprint density at radius 2 is 2.00 bits per heavy atom. The van der Waals surface area contributed by atoms with Crippen molar-refractivity contribution in [3.63, 3.8) is 0 Å². The standard InChI is InChI=1S/C14H23N3O/c1-12(2)15-10-13-4-3-5-14(16-13)11-17-6-8-18-9-7-17/h3-5,12,15H,6-11H2,1-2H3. The third-order valence-corrected chi connectivity index (χ3v) is 3.05. The minimum Gasteiger partial charge on any atom is -0.379 e. The smallest absolute Gasteiger partial charge is 0.0594 e. The van der Waals surface area contributed by atoms with Crippen molar-refractivity contribution >= 4 is 0 Å². The molecule has 4 nitrogen and oxygen atoms in total. The summed E-state index contributed by atoms with van der Waals surface area (Å²) in [6, 6.07) is 6.78. The Bertz CT molecular complexity index is 362. The maximum absolute atomic E-state index is 5.35. The van der Waals surface area contributed by atoms with Crippen LogP contribution in [0.3, 0.4) is 0 Å². The number of rotatable bonds is 5. The summed E-state index contributed by atoms with van der Waals surface area (Å²) < 4.78 is 5.35. The Balaban J connectivity index is 1.89. The van der Waals surface area contributed by atoms with Gasteiger partial charge >= 0.3 is 0 Å². The van der Waals surface area contributed by atoms with Crippen molar-refractivity contribution in [1.29, 1.82) is 0 Å². The van der Waals surface area contributed by atoms with E-state index in [0.717, 1.165) is 50.8 Å². The van der Waals surface area contributed by atoms with Gasteiger partial charge in [0.15, 0.2) is 0 Å². The molecule has 1 aromatic heterocycles. The van der Waals surface area contributed by atoms with Crippen LogP contribution in [0, 0.1) is 0 Å². The fourth-order valence-electron chi connectivity index (χ4n) is 2.01. The SMILES string of the molecule is CC(C)NCc1cccc(CN2CCOCC2)n1. The molecule has 1 aliphatic heterocycles. The molecule has 0 aliphatic carbocycles. The molecule has 1 fully saturated rings.